The zero-order valence-electron chi connectivity index (χ0n) is 18.6. The van der Waals surface area contributed by atoms with Gasteiger partial charge in [0.05, 0.1) is 25.5 Å². The van der Waals surface area contributed by atoms with Gasteiger partial charge in [0.15, 0.2) is 9.92 Å². The van der Waals surface area contributed by atoms with Crippen molar-refractivity contribution in [1.82, 2.24) is 9.78 Å². The number of nitrogens with one attached hydrogen (secondary N) is 1. The summed E-state index contributed by atoms with van der Waals surface area (Å²) in [7, 11) is -1.82. The first-order valence-electron chi connectivity index (χ1n) is 10.9. The summed E-state index contributed by atoms with van der Waals surface area (Å²) >= 11 is 0. The summed E-state index contributed by atoms with van der Waals surface area (Å²) in [6.45, 7) is 5.16. The number of nitrogens with zero attached hydrogens (tertiary/aromatic N) is 3. The van der Waals surface area contributed by atoms with Gasteiger partial charge in [0, 0.05) is 24.6 Å². The van der Waals surface area contributed by atoms with E-state index in [0.717, 1.165) is 48.9 Å². The lowest BCUT2D eigenvalue weighted by Crippen LogP contribution is -2.33. The molecule has 2 aromatic rings. The molecule has 1 unspecified atom stereocenters. The van der Waals surface area contributed by atoms with Crippen LogP contribution in [0.4, 0.5) is 10.5 Å². The van der Waals surface area contributed by atoms with Crippen molar-refractivity contribution in [3.05, 3.63) is 34.5 Å². The van der Waals surface area contributed by atoms with Crippen LogP contribution in [0, 0.1) is 5.41 Å². The fourth-order valence-corrected chi connectivity index (χ4v) is 5.97. The SMILES string of the molecule is CO[C@H]1Cc2cc3c(c(NC(=O)N=S(N)(=O)c4cnn5c4OCC(C)(C)C5)c2C1)CCC3. The number of anilines is 1. The Morgan fingerprint density at radius 3 is 2.94 bits per heavy atom. The molecular weight excluding hydrogens is 430 g/mol. The van der Waals surface area contributed by atoms with Gasteiger partial charge in [0.1, 0.15) is 4.90 Å². The van der Waals surface area contributed by atoms with E-state index in [9.17, 15) is 9.00 Å². The molecular formula is C22H29N5O4S. The van der Waals surface area contributed by atoms with Crippen LogP contribution < -0.4 is 15.2 Å². The van der Waals surface area contributed by atoms with Crippen molar-refractivity contribution >= 4 is 21.6 Å². The molecule has 3 aliphatic rings. The summed E-state index contributed by atoms with van der Waals surface area (Å²) in [6, 6.07) is 1.52. The molecule has 0 saturated heterocycles. The number of ether oxygens (including phenoxy) is 2. The molecule has 1 aromatic heterocycles. The topological polar surface area (TPSA) is 121 Å². The first-order valence-corrected chi connectivity index (χ1v) is 12.5. The van der Waals surface area contributed by atoms with Crippen molar-refractivity contribution in [2.45, 2.75) is 63.5 Å². The molecule has 9 nitrogen and oxygen atoms in total. The zero-order valence-corrected chi connectivity index (χ0v) is 19.5. The molecule has 1 aromatic carbocycles. The highest BCUT2D eigenvalue weighted by Crippen LogP contribution is 2.39. The lowest BCUT2D eigenvalue weighted by Gasteiger charge is -2.30. The van der Waals surface area contributed by atoms with Crippen molar-refractivity contribution in [3.63, 3.8) is 0 Å². The quantitative estimate of drug-likeness (QED) is 0.731. The van der Waals surface area contributed by atoms with Crippen molar-refractivity contribution < 1.29 is 18.5 Å². The maximum absolute atomic E-state index is 13.2. The number of amides is 2. The number of fused-ring (bicyclic) bond motifs is 3. The maximum Gasteiger partial charge on any atom is 0.354 e. The standard InChI is InChI=1S/C22H29N5O4S/c1-22(2)11-27-20(31-12-22)18(10-24-27)32(23,29)26-21(28)25-19-16-6-4-5-13(16)7-14-8-15(30-3)9-17(14)19/h7,10,15H,4-6,8-9,11-12H2,1-3H3,(H3,23,25,26,28,29)/t15-,32?/m0/s1. The molecule has 0 fully saturated rings. The minimum absolute atomic E-state index is 0.0965. The minimum Gasteiger partial charge on any atom is -0.476 e. The van der Waals surface area contributed by atoms with E-state index in [0.29, 0.717) is 19.0 Å². The second-order valence-corrected chi connectivity index (χ2v) is 11.4. The van der Waals surface area contributed by atoms with E-state index < -0.39 is 15.9 Å². The molecule has 0 bridgehead atoms. The Morgan fingerprint density at radius 2 is 2.16 bits per heavy atom. The van der Waals surface area contributed by atoms with Crippen LogP contribution >= 0.6 is 0 Å². The summed E-state index contributed by atoms with van der Waals surface area (Å²) in [5, 5.41) is 13.2. The number of aromatic nitrogens is 2. The molecule has 3 N–H and O–H groups in total. The molecule has 1 aliphatic heterocycles. The Morgan fingerprint density at radius 1 is 1.34 bits per heavy atom. The van der Waals surface area contributed by atoms with E-state index in [1.165, 1.54) is 17.3 Å². The molecule has 172 valence electrons. The molecule has 10 heteroatoms. The van der Waals surface area contributed by atoms with Gasteiger partial charge in [-0.3, -0.25) is 0 Å². The van der Waals surface area contributed by atoms with Gasteiger partial charge >= 0.3 is 6.03 Å². The number of hydrogen-bond acceptors (Lipinski definition) is 5. The Bertz CT molecular complexity index is 1230. The molecule has 5 rings (SSSR count). The summed E-state index contributed by atoms with van der Waals surface area (Å²) < 4.78 is 30.1. The highest BCUT2D eigenvalue weighted by atomic mass is 32.2. The van der Waals surface area contributed by atoms with Crippen molar-refractivity contribution in [2.75, 3.05) is 19.0 Å². The number of aryl methyl sites for hydroxylation is 1. The fraction of sp³-hybridized carbons (Fsp3) is 0.545. The first kappa shape index (κ1) is 21.4. The summed E-state index contributed by atoms with van der Waals surface area (Å²) in [5.74, 6) is 0.317. The Labute approximate surface area is 188 Å². The largest absolute Gasteiger partial charge is 0.476 e. The zero-order chi connectivity index (χ0) is 22.7. The summed E-state index contributed by atoms with van der Waals surface area (Å²) in [6.07, 6.45) is 5.97. The third-order valence-electron chi connectivity index (χ3n) is 6.52. The van der Waals surface area contributed by atoms with Gasteiger partial charge in [-0.05, 0) is 47.9 Å². The van der Waals surface area contributed by atoms with Gasteiger partial charge in [-0.1, -0.05) is 19.9 Å². The first-order chi connectivity index (χ1) is 15.2. The average molecular weight is 460 g/mol. The van der Waals surface area contributed by atoms with E-state index in [2.05, 4.69) is 34.7 Å². The highest BCUT2D eigenvalue weighted by Gasteiger charge is 2.33. The van der Waals surface area contributed by atoms with E-state index >= 15 is 0 Å². The summed E-state index contributed by atoms with van der Waals surface area (Å²) in [4.78, 5) is 13.1. The molecule has 0 radical (unpaired) electrons. The molecule has 2 amide bonds. The normalized spacial score (nSPS) is 22.3. The number of carbonyl (C=O) groups is 1. The Kier molecular flexibility index (Phi) is 5.06. The third kappa shape index (κ3) is 3.70. The van der Waals surface area contributed by atoms with Crippen LogP contribution in [0.15, 0.2) is 21.5 Å². The highest BCUT2D eigenvalue weighted by molar-refractivity contribution is 7.91. The second-order valence-electron chi connectivity index (χ2n) is 9.66. The number of nitrogens with two attached hydrogens (primary N) is 1. The number of benzene rings is 1. The Balaban J connectivity index is 1.46. The number of carbonyl (C=O) groups excluding carboxylic acids is 1. The van der Waals surface area contributed by atoms with E-state index in [1.807, 2.05) is 0 Å². The smallest absolute Gasteiger partial charge is 0.354 e. The third-order valence-corrected chi connectivity index (χ3v) is 7.86. The van der Waals surface area contributed by atoms with Gasteiger partial charge in [0.25, 0.3) is 0 Å². The van der Waals surface area contributed by atoms with E-state index in [1.54, 1.807) is 11.8 Å². The van der Waals surface area contributed by atoms with Crippen LogP contribution in [0.2, 0.25) is 0 Å². The minimum atomic E-state index is -3.53. The molecule has 0 spiro atoms. The number of hydrogen-bond donors (Lipinski definition) is 2. The van der Waals surface area contributed by atoms with Crippen LogP contribution in [-0.2, 0) is 46.9 Å². The Hall–Kier alpha value is -2.43. The van der Waals surface area contributed by atoms with Gasteiger partial charge in [0.2, 0.25) is 5.88 Å². The van der Waals surface area contributed by atoms with Crippen LogP contribution in [0.25, 0.3) is 0 Å². The monoisotopic (exact) mass is 459 g/mol. The van der Waals surface area contributed by atoms with Crippen LogP contribution in [-0.4, -0.2) is 39.8 Å². The molecule has 2 heterocycles. The van der Waals surface area contributed by atoms with Crippen molar-refractivity contribution in [1.29, 1.82) is 0 Å². The van der Waals surface area contributed by atoms with Crippen molar-refractivity contribution in [3.8, 4) is 5.88 Å². The average Bonchev–Trinajstić information content (AvgIpc) is 3.43. The summed E-state index contributed by atoms with van der Waals surface area (Å²) in [5.41, 5.74) is 5.36. The number of urea groups is 1. The lowest BCUT2D eigenvalue weighted by atomic mass is 9.94. The lowest BCUT2D eigenvalue weighted by molar-refractivity contribution is 0.0972. The fourth-order valence-electron chi connectivity index (χ4n) is 4.96. The molecule has 2 aliphatic carbocycles. The van der Waals surface area contributed by atoms with E-state index in [-0.39, 0.29) is 16.4 Å². The van der Waals surface area contributed by atoms with Gasteiger partial charge in [-0.2, -0.15) is 5.10 Å². The second kappa shape index (κ2) is 7.57. The number of methoxy groups -OCH3 is 1. The molecule has 2 atom stereocenters. The predicted octanol–water partition coefficient (Wildman–Crippen LogP) is 2.84. The van der Waals surface area contributed by atoms with Crippen LogP contribution in [0.5, 0.6) is 5.88 Å². The van der Waals surface area contributed by atoms with Crippen LogP contribution in [0.1, 0.15) is 42.5 Å². The van der Waals surface area contributed by atoms with Gasteiger partial charge < -0.3 is 14.8 Å². The maximum atomic E-state index is 13.2. The van der Waals surface area contributed by atoms with Gasteiger partial charge in [-0.25, -0.2) is 18.8 Å². The van der Waals surface area contributed by atoms with Gasteiger partial charge in [-0.15, -0.1) is 4.36 Å². The number of rotatable bonds is 3. The molecule has 0 saturated carbocycles. The van der Waals surface area contributed by atoms with Crippen LogP contribution in [0.3, 0.4) is 0 Å². The predicted molar refractivity (Wildman–Crippen MR) is 120 cm³/mol. The van der Waals surface area contributed by atoms with E-state index in [4.69, 9.17) is 14.6 Å². The molecule has 32 heavy (non-hydrogen) atoms. The van der Waals surface area contributed by atoms with Crippen molar-refractivity contribution in [2.24, 2.45) is 14.9 Å².